The Balaban J connectivity index is 1.58. The number of anilines is 1. The van der Waals surface area contributed by atoms with Crippen LogP contribution in [0.1, 0.15) is 23.3 Å². The molecule has 4 rings (SSSR count). The molecule has 2 aliphatic rings. The Kier molecular flexibility index (Phi) is 4.72. The van der Waals surface area contributed by atoms with Gasteiger partial charge in [-0.3, -0.25) is 9.59 Å². The Bertz CT molecular complexity index is 977. The van der Waals surface area contributed by atoms with E-state index in [-0.39, 0.29) is 29.3 Å². The van der Waals surface area contributed by atoms with Crippen molar-refractivity contribution in [2.75, 3.05) is 12.3 Å². The maximum Gasteiger partial charge on any atom is 0.471 e. The molecule has 0 radical (unpaired) electrons. The molecule has 3 N–H and O–H groups in total. The lowest BCUT2D eigenvalue weighted by molar-refractivity contribution is -0.173. The number of thiazole rings is 1. The van der Waals surface area contributed by atoms with E-state index in [1.165, 1.54) is 23.1 Å². The first-order chi connectivity index (χ1) is 13.6. The molecule has 1 aromatic carbocycles. The number of hydrogen-bond donors (Lipinski definition) is 2. The summed E-state index contributed by atoms with van der Waals surface area (Å²) < 4.78 is 51.0. The predicted molar refractivity (Wildman–Crippen MR) is 97.5 cm³/mol. The van der Waals surface area contributed by atoms with E-state index < -0.39 is 29.8 Å². The zero-order valence-corrected chi connectivity index (χ0v) is 15.7. The van der Waals surface area contributed by atoms with Crippen molar-refractivity contribution in [3.05, 3.63) is 35.8 Å². The molecule has 3 atom stereocenters. The lowest BCUT2D eigenvalue weighted by atomic mass is 10.1. The molecular weight excluding hydrogens is 412 g/mol. The predicted octanol–water partition coefficient (Wildman–Crippen LogP) is 2.81. The fraction of sp³-hybridized carbons (Fsp3) is 0.389. The van der Waals surface area contributed by atoms with Gasteiger partial charge in [-0.15, -0.1) is 0 Å². The fourth-order valence-electron chi connectivity index (χ4n) is 3.80. The normalized spacial score (nSPS) is 23.0. The highest BCUT2D eigenvalue weighted by Gasteiger charge is 2.54. The summed E-state index contributed by atoms with van der Waals surface area (Å²) in [6.07, 6.45) is -3.72. The molecule has 2 heterocycles. The summed E-state index contributed by atoms with van der Waals surface area (Å²) in [5.41, 5.74) is 6.26. The van der Waals surface area contributed by atoms with Crippen molar-refractivity contribution in [1.82, 2.24) is 15.2 Å². The highest BCUT2D eigenvalue weighted by Crippen LogP contribution is 2.49. The van der Waals surface area contributed by atoms with Crippen molar-refractivity contribution < 1.29 is 27.2 Å². The van der Waals surface area contributed by atoms with Crippen LogP contribution in [0.5, 0.6) is 0 Å². The highest BCUT2D eigenvalue weighted by atomic mass is 32.1. The molecule has 1 aliphatic carbocycles. The molecule has 154 valence electrons. The van der Waals surface area contributed by atoms with Gasteiger partial charge in [0.2, 0.25) is 0 Å². The van der Waals surface area contributed by atoms with E-state index in [4.69, 9.17) is 5.73 Å². The summed E-state index contributed by atoms with van der Waals surface area (Å²) >= 11 is 1.03. The molecule has 1 saturated carbocycles. The lowest BCUT2D eigenvalue weighted by Crippen LogP contribution is -2.48. The van der Waals surface area contributed by atoms with Gasteiger partial charge in [-0.2, -0.15) is 13.2 Å². The van der Waals surface area contributed by atoms with Gasteiger partial charge >= 0.3 is 12.1 Å². The maximum absolute atomic E-state index is 13.6. The Hall–Kier alpha value is -2.69. The SMILES string of the molecule is Nc1nc(C(=O)N2[C@H](CNC(=O)C(F)(F)F)C[C@H]3C[C@@H]32)c(-c2cccc(F)c2)s1. The van der Waals surface area contributed by atoms with E-state index in [0.29, 0.717) is 16.9 Å². The Morgan fingerprint density at radius 1 is 1.31 bits per heavy atom. The van der Waals surface area contributed by atoms with E-state index in [9.17, 15) is 27.2 Å². The number of nitrogen functional groups attached to an aromatic ring is 1. The molecular formula is C18H16F4N4O2S. The molecule has 1 saturated heterocycles. The molecule has 1 aromatic heterocycles. The van der Waals surface area contributed by atoms with Gasteiger partial charge in [0, 0.05) is 12.6 Å². The average Bonchev–Trinajstić information content (AvgIpc) is 3.13. The third-order valence-electron chi connectivity index (χ3n) is 5.13. The number of piperidine rings is 1. The van der Waals surface area contributed by atoms with Crippen molar-refractivity contribution in [2.24, 2.45) is 5.92 Å². The number of benzene rings is 1. The first-order valence-corrected chi connectivity index (χ1v) is 9.66. The molecule has 2 aromatic rings. The number of likely N-dealkylation sites (tertiary alicyclic amines) is 1. The Labute approximate surface area is 166 Å². The fourth-order valence-corrected chi connectivity index (χ4v) is 4.62. The molecule has 1 aliphatic heterocycles. The van der Waals surface area contributed by atoms with Gasteiger partial charge in [0.15, 0.2) is 5.13 Å². The van der Waals surface area contributed by atoms with Crippen molar-refractivity contribution in [3.63, 3.8) is 0 Å². The van der Waals surface area contributed by atoms with Crippen LogP contribution >= 0.6 is 11.3 Å². The number of aromatic nitrogens is 1. The minimum Gasteiger partial charge on any atom is -0.375 e. The summed E-state index contributed by atoms with van der Waals surface area (Å²) in [4.78, 5) is 30.3. The van der Waals surface area contributed by atoms with Crippen LogP contribution < -0.4 is 11.1 Å². The summed E-state index contributed by atoms with van der Waals surface area (Å²) in [6, 6.07) is 4.98. The number of amides is 2. The summed E-state index contributed by atoms with van der Waals surface area (Å²) in [5.74, 6) is -2.80. The van der Waals surface area contributed by atoms with Crippen molar-refractivity contribution in [1.29, 1.82) is 0 Å². The number of hydrogen-bond acceptors (Lipinski definition) is 5. The molecule has 2 amide bonds. The van der Waals surface area contributed by atoms with Crippen LogP contribution in [0.2, 0.25) is 0 Å². The molecule has 0 unspecified atom stereocenters. The molecule has 0 bridgehead atoms. The number of carbonyl (C=O) groups excluding carboxylic acids is 2. The number of halogens is 4. The van der Waals surface area contributed by atoms with E-state index in [0.717, 1.165) is 17.8 Å². The smallest absolute Gasteiger partial charge is 0.375 e. The number of carbonyl (C=O) groups is 2. The van der Waals surface area contributed by atoms with Gasteiger partial charge in [-0.25, -0.2) is 9.37 Å². The number of rotatable bonds is 4. The quantitative estimate of drug-likeness (QED) is 0.733. The summed E-state index contributed by atoms with van der Waals surface area (Å²) in [7, 11) is 0. The first kappa shape index (κ1) is 19.6. The summed E-state index contributed by atoms with van der Waals surface area (Å²) in [5, 5.41) is 1.98. The number of nitrogens with one attached hydrogen (secondary N) is 1. The number of alkyl halides is 3. The second-order valence-electron chi connectivity index (χ2n) is 7.11. The van der Waals surface area contributed by atoms with E-state index in [1.807, 2.05) is 5.32 Å². The minimum atomic E-state index is -4.98. The Morgan fingerprint density at radius 3 is 2.76 bits per heavy atom. The zero-order chi connectivity index (χ0) is 20.9. The third-order valence-corrected chi connectivity index (χ3v) is 6.07. The van der Waals surface area contributed by atoms with E-state index in [2.05, 4.69) is 4.98 Å². The van der Waals surface area contributed by atoms with Crippen molar-refractivity contribution >= 4 is 28.3 Å². The van der Waals surface area contributed by atoms with Gasteiger partial charge in [-0.1, -0.05) is 23.5 Å². The second-order valence-corrected chi connectivity index (χ2v) is 8.14. The largest absolute Gasteiger partial charge is 0.471 e. The van der Waals surface area contributed by atoms with Gasteiger partial charge in [0.1, 0.15) is 11.5 Å². The number of nitrogens with zero attached hydrogens (tertiary/aromatic N) is 2. The first-order valence-electron chi connectivity index (χ1n) is 8.85. The van der Waals surface area contributed by atoms with Gasteiger partial charge in [-0.05, 0) is 36.5 Å². The van der Waals surface area contributed by atoms with E-state index in [1.54, 1.807) is 6.07 Å². The van der Waals surface area contributed by atoms with Gasteiger partial charge < -0.3 is 16.0 Å². The van der Waals surface area contributed by atoms with Crippen LogP contribution in [0, 0.1) is 11.7 Å². The third kappa shape index (κ3) is 3.78. The van der Waals surface area contributed by atoms with Crippen LogP contribution in [-0.2, 0) is 4.79 Å². The minimum absolute atomic E-state index is 0.0396. The maximum atomic E-state index is 13.6. The highest BCUT2D eigenvalue weighted by molar-refractivity contribution is 7.19. The Morgan fingerprint density at radius 2 is 2.07 bits per heavy atom. The summed E-state index contributed by atoms with van der Waals surface area (Å²) in [6.45, 7) is -0.300. The molecule has 29 heavy (non-hydrogen) atoms. The molecule has 2 fully saturated rings. The zero-order valence-electron chi connectivity index (χ0n) is 14.9. The van der Waals surface area contributed by atoms with Crippen LogP contribution in [0.3, 0.4) is 0 Å². The van der Waals surface area contributed by atoms with Crippen LogP contribution in [0.15, 0.2) is 24.3 Å². The van der Waals surface area contributed by atoms with E-state index >= 15 is 0 Å². The lowest BCUT2D eigenvalue weighted by Gasteiger charge is -2.27. The van der Waals surface area contributed by atoms with Crippen molar-refractivity contribution in [3.8, 4) is 10.4 Å². The van der Waals surface area contributed by atoms with Crippen LogP contribution in [0.4, 0.5) is 22.7 Å². The average molecular weight is 428 g/mol. The number of nitrogens with two attached hydrogens (primary N) is 1. The molecule has 6 nitrogen and oxygen atoms in total. The monoisotopic (exact) mass is 428 g/mol. The van der Waals surface area contributed by atoms with Gasteiger partial charge in [0.05, 0.1) is 10.9 Å². The topological polar surface area (TPSA) is 88.3 Å². The van der Waals surface area contributed by atoms with Crippen molar-refractivity contribution in [2.45, 2.75) is 31.1 Å². The standard InChI is InChI=1S/C18H16F4N4O2S/c19-10-3-1-2-8(4-10)14-13(25-17(23)29-14)15(27)26-11(5-9-6-12(9)26)7-24-16(28)18(20,21)22/h1-4,9,11-12H,5-7H2,(H2,23,25)(H,24,28)/t9-,11-,12-/m0/s1. The van der Waals surface area contributed by atoms with Crippen LogP contribution in [-0.4, -0.2) is 46.5 Å². The molecule has 11 heteroatoms. The van der Waals surface area contributed by atoms with Gasteiger partial charge in [0.25, 0.3) is 5.91 Å². The second kappa shape index (κ2) is 6.97. The number of fused-ring (bicyclic) bond motifs is 1. The van der Waals surface area contributed by atoms with Crippen LogP contribution in [0.25, 0.3) is 10.4 Å². The molecule has 0 spiro atoms.